The molecule has 3 rings (SSSR count). The lowest BCUT2D eigenvalue weighted by atomic mass is 10.1. The summed E-state index contributed by atoms with van der Waals surface area (Å²) in [5.41, 5.74) is 0. The quantitative estimate of drug-likeness (QED) is 0.806. The maximum absolute atomic E-state index is 13.9. The fourth-order valence-electron chi connectivity index (χ4n) is 2.72. The molecule has 1 aliphatic heterocycles. The van der Waals surface area contributed by atoms with Crippen LogP contribution in [0.5, 0.6) is 5.75 Å². The molecular weight excluding hydrogens is 374 g/mol. The lowest BCUT2D eigenvalue weighted by molar-refractivity contribution is 0.129. The normalized spacial score (nSPS) is 18.9. The molecule has 134 valence electrons. The Hall–Kier alpha value is -1.77. The van der Waals surface area contributed by atoms with E-state index < -0.39 is 32.7 Å². The van der Waals surface area contributed by atoms with Gasteiger partial charge in [0.1, 0.15) is 28.5 Å². The van der Waals surface area contributed by atoms with Crippen LogP contribution in [0, 0.1) is 11.6 Å². The SMILES string of the molecule is O=S(=O)(c1c(F)cccc1F)N1CCC[C@@H](Oc2ccncc2Cl)C1. The second kappa shape index (κ2) is 7.23. The summed E-state index contributed by atoms with van der Waals surface area (Å²) in [7, 11) is -4.30. The Kier molecular flexibility index (Phi) is 5.21. The van der Waals surface area contributed by atoms with E-state index in [1.807, 2.05) is 0 Å². The van der Waals surface area contributed by atoms with E-state index >= 15 is 0 Å². The summed E-state index contributed by atoms with van der Waals surface area (Å²) in [5.74, 6) is -1.83. The molecular formula is C16H15ClF2N2O3S. The van der Waals surface area contributed by atoms with Crippen LogP contribution in [0.3, 0.4) is 0 Å². The van der Waals surface area contributed by atoms with Crippen molar-refractivity contribution in [3.05, 3.63) is 53.3 Å². The van der Waals surface area contributed by atoms with Crippen LogP contribution in [0.4, 0.5) is 8.78 Å². The van der Waals surface area contributed by atoms with Crippen LogP contribution < -0.4 is 4.74 Å². The monoisotopic (exact) mass is 388 g/mol. The maximum Gasteiger partial charge on any atom is 0.249 e. The van der Waals surface area contributed by atoms with Crippen LogP contribution >= 0.6 is 11.6 Å². The highest BCUT2D eigenvalue weighted by atomic mass is 35.5. The van der Waals surface area contributed by atoms with Gasteiger partial charge in [-0.25, -0.2) is 17.2 Å². The van der Waals surface area contributed by atoms with Crippen molar-refractivity contribution in [1.82, 2.24) is 9.29 Å². The summed E-state index contributed by atoms with van der Waals surface area (Å²) in [5, 5.41) is 0.308. The molecule has 0 saturated carbocycles. The van der Waals surface area contributed by atoms with Crippen LogP contribution in [-0.4, -0.2) is 36.9 Å². The fourth-order valence-corrected chi connectivity index (χ4v) is 4.50. The average Bonchev–Trinajstić information content (AvgIpc) is 2.57. The smallest absolute Gasteiger partial charge is 0.249 e. The highest BCUT2D eigenvalue weighted by Gasteiger charge is 2.35. The van der Waals surface area contributed by atoms with Crippen molar-refractivity contribution >= 4 is 21.6 Å². The van der Waals surface area contributed by atoms with Crippen molar-refractivity contribution in [3.8, 4) is 5.75 Å². The van der Waals surface area contributed by atoms with Crippen molar-refractivity contribution in [1.29, 1.82) is 0 Å². The van der Waals surface area contributed by atoms with Crippen molar-refractivity contribution in [3.63, 3.8) is 0 Å². The van der Waals surface area contributed by atoms with Crippen LogP contribution in [0.25, 0.3) is 0 Å². The van der Waals surface area contributed by atoms with E-state index in [1.54, 1.807) is 6.07 Å². The summed E-state index contributed by atoms with van der Waals surface area (Å²) in [6.45, 7) is 0.148. The number of ether oxygens (including phenoxy) is 1. The van der Waals surface area contributed by atoms with Gasteiger partial charge in [0.05, 0.1) is 6.54 Å². The van der Waals surface area contributed by atoms with Gasteiger partial charge in [-0.1, -0.05) is 17.7 Å². The number of hydrogen-bond donors (Lipinski definition) is 0. The molecule has 1 atom stereocenters. The third-order valence-corrected chi connectivity index (χ3v) is 6.09. The van der Waals surface area contributed by atoms with Gasteiger partial charge < -0.3 is 4.74 Å². The van der Waals surface area contributed by atoms with Gasteiger partial charge in [-0.2, -0.15) is 4.31 Å². The zero-order valence-corrected chi connectivity index (χ0v) is 14.6. The summed E-state index contributed by atoms with van der Waals surface area (Å²) in [4.78, 5) is 2.92. The number of piperidine rings is 1. The molecule has 9 heteroatoms. The summed E-state index contributed by atoms with van der Waals surface area (Å²) >= 11 is 5.99. The molecule has 1 aliphatic rings. The molecule has 0 spiro atoms. The molecule has 1 aromatic carbocycles. The largest absolute Gasteiger partial charge is 0.487 e. The molecule has 1 fully saturated rings. The predicted molar refractivity (Wildman–Crippen MR) is 88.0 cm³/mol. The van der Waals surface area contributed by atoms with Gasteiger partial charge >= 0.3 is 0 Å². The molecule has 5 nitrogen and oxygen atoms in total. The van der Waals surface area contributed by atoms with Crippen LogP contribution in [0.15, 0.2) is 41.6 Å². The van der Waals surface area contributed by atoms with Gasteiger partial charge in [0.2, 0.25) is 10.0 Å². The van der Waals surface area contributed by atoms with E-state index in [0.717, 1.165) is 22.5 Å². The summed E-state index contributed by atoms with van der Waals surface area (Å²) < 4.78 is 59.9. The number of rotatable bonds is 4. The number of benzene rings is 1. The van der Waals surface area contributed by atoms with Crippen molar-refractivity contribution in [2.75, 3.05) is 13.1 Å². The predicted octanol–water partition coefficient (Wildman–Crippen LogP) is 3.25. The molecule has 2 heterocycles. The molecule has 0 N–H and O–H groups in total. The first-order chi connectivity index (χ1) is 11.9. The zero-order chi connectivity index (χ0) is 18.0. The first-order valence-corrected chi connectivity index (χ1v) is 9.41. The molecule has 0 amide bonds. The Labute approximate surface area is 149 Å². The van der Waals surface area contributed by atoms with Gasteiger partial charge in [0.25, 0.3) is 0 Å². The Bertz CT molecular complexity index is 859. The lowest BCUT2D eigenvalue weighted by Crippen LogP contribution is -2.44. The average molecular weight is 389 g/mol. The number of hydrogen-bond acceptors (Lipinski definition) is 4. The van der Waals surface area contributed by atoms with E-state index in [-0.39, 0.29) is 13.1 Å². The first-order valence-electron chi connectivity index (χ1n) is 7.60. The molecule has 0 aliphatic carbocycles. The van der Waals surface area contributed by atoms with Crippen molar-refractivity contribution < 1.29 is 21.9 Å². The number of nitrogens with zero attached hydrogens (tertiary/aromatic N) is 2. The van der Waals surface area contributed by atoms with Gasteiger partial charge in [-0.15, -0.1) is 0 Å². The fraction of sp³-hybridized carbons (Fsp3) is 0.312. The van der Waals surface area contributed by atoms with Crippen molar-refractivity contribution in [2.45, 2.75) is 23.8 Å². The molecule has 1 aromatic heterocycles. The van der Waals surface area contributed by atoms with E-state index in [2.05, 4.69) is 4.98 Å². The number of pyridine rings is 1. The van der Waals surface area contributed by atoms with Gasteiger partial charge in [0, 0.05) is 25.0 Å². The maximum atomic E-state index is 13.9. The molecule has 0 radical (unpaired) electrons. The molecule has 0 bridgehead atoms. The minimum atomic E-state index is -4.30. The molecule has 2 aromatic rings. The Balaban J connectivity index is 1.82. The van der Waals surface area contributed by atoms with Crippen molar-refractivity contribution in [2.24, 2.45) is 0 Å². The Morgan fingerprint density at radius 1 is 1.24 bits per heavy atom. The Morgan fingerprint density at radius 3 is 2.64 bits per heavy atom. The minimum Gasteiger partial charge on any atom is -0.487 e. The molecule has 25 heavy (non-hydrogen) atoms. The van der Waals surface area contributed by atoms with Gasteiger partial charge in [-0.05, 0) is 25.0 Å². The number of aromatic nitrogens is 1. The summed E-state index contributed by atoms with van der Waals surface area (Å²) in [6, 6.07) is 4.54. The standard InChI is InChI=1S/C16H15ClF2N2O3S/c17-12-9-20-7-6-15(12)24-11-3-2-8-21(10-11)25(22,23)16-13(18)4-1-5-14(16)19/h1,4-7,9,11H,2-3,8,10H2/t11-/m1/s1. The Morgan fingerprint density at radius 2 is 1.96 bits per heavy atom. The van der Waals surface area contributed by atoms with Crippen LogP contribution in [-0.2, 0) is 10.0 Å². The number of halogens is 3. The third kappa shape index (κ3) is 3.75. The molecule has 0 unspecified atom stereocenters. The van der Waals surface area contributed by atoms with E-state index in [4.69, 9.17) is 16.3 Å². The second-order valence-corrected chi connectivity index (χ2v) is 7.88. The van der Waals surface area contributed by atoms with E-state index in [1.165, 1.54) is 12.4 Å². The zero-order valence-electron chi connectivity index (χ0n) is 13.0. The third-order valence-electron chi connectivity index (χ3n) is 3.89. The topological polar surface area (TPSA) is 59.5 Å². The summed E-state index contributed by atoms with van der Waals surface area (Å²) in [6.07, 6.45) is 3.56. The highest BCUT2D eigenvalue weighted by Crippen LogP contribution is 2.29. The number of sulfonamides is 1. The van der Waals surface area contributed by atoms with Gasteiger partial charge in [0.15, 0.2) is 4.90 Å². The first kappa shape index (κ1) is 18.0. The highest BCUT2D eigenvalue weighted by molar-refractivity contribution is 7.89. The second-order valence-electron chi connectivity index (χ2n) is 5.60. The van der Waals surface area contributed by atoms with Crippen LogP contribution in [0.2, 0.25) is 5.02 Å². The van der Waals surface area contributed by atoms with E-state index in [9.17, 15) is 17.2 Å². The van der Waals surface area contributed by atoms with Gasteiger partial charge in [-0.3, -0.25) is 4.98 Å². The minimum absolute atomic E-state index is 0.0191. The van der Waals surface area contributed by atoms with E-state index in [0.29, 0.717) is 23.6 Å². The molecule has 1 saturated heterocycles. The lowest BCUT2D eigenvalue weighted by Gasteiger charge is -2.32. The van der Waals surface area contributed by atoms with Crippen LogP contribution in [0.1, 0.15) is 12.8 Å².